The molecule has 0 amide bonds. The number of fused-ring (bicyclic) bond motifs is 2. The molecule has 0 aromatic rings. The fraction of sp³-hybridized carbons (Fsp3) is 0.680. The quantitative estimate of drug-likeness (QED) is 0.482. The van der Waals surface area contributed by atoms with Gasteiger partial charge in [-0.15, -0.1) is 0 Å². The number of ketones is 1. The van der Waals surface area contributed by atoms with Gasteiger partial charge in [0.25, 0.3) is 0 Å². The minimum atomic E-state index is -0.418. The molecule has 1 spiro atoms. The summed E-state index contributed by atoms with van der Waals surface area (Å²) in [4.78, 5) is 26.1. The molecule has 0 unspecified atom stereocenters. The standard InChI is InChI=1S/C25H34O3/c1-14(2)8-7-9-15(3)20-13-25-16(4)12-19(20)21(26)24(25,6)11-10-18-17(5)23(27)28-22(18)25/h8,12,17-20,22H,3,7,9-11,13H2,1-2,4-6H3/t17-,18-,19-,20+,22-,24-,25-/m0/s1. The third kappa shape index (κ3) is 2.40. The summed E-state index contributed by atoms with van der Waals surface area (Å²) in [7, 11) is 0. The summed E-state index contributed by atoms with van der Waals surface area (Å²) in [6, 6.07) is 0. The van der Waals surface area contributed by atoms with Crippen molar-refractivity contribution in [3.63, 3.8) is 0 Å². The Bertz CT molecular complexity index is 799. The minimum Gasteiger partial charge on any atom is -0.461 e. The van der Waals surface area contributed by atoms with E-state index in [1.807, 2.05) is 6.92 Å². The van der Waals surface area contributed by atoms with E-state index < -0.39 is 5.41 Å². The average Bonchev–Trinajstić information content (AvgIpc) is 2.92. The van der Waals surface area contributed by atoms with Crippen molar-refractivity contribution in [1.29, 1.82) is 0 Å². The van der Waals surface area contributed by atoms with E-state index in [0.29, 0.717) is 5.78 Å². The van der Waals surface area contributed by atoms with Crippen LogP contribution in [0.3, 0.4) is 0 Å². The zero-order chi connectivity index (χ0) is 20.4. The fourth-order valence-electron chi connectivity index (χ4n) is 6.89. The zero-order valence-electron chi connectivity index (χ0n) is 18.0. The van der Waals surface area contributed by atoms with Crippen LogP contribution in [0.1, 0.15) is 66.7 Å². The number of ether oxygens (including phenoxy) is 1. The normalized spacial score (nSPS) is 43.8. The highest BCUT2D eigenvalue weighted by Crippen LogP contribution is 2.70. The molecule has 1 heterocycles. The number of allylic oxidation sites excluding steroid dienone is 4. The van der Waals surface area contributed by atoms with E-state index in [0.717, 1.165) is 32.1 Å². The number of hydrogen-bond acceptors (Lipinski definition) is 3. The molecular weight excluding hydrogens is 348 g/mol. The van der Waals surface area contributed by atoms with Crippen LogP contribution in [0.4, 0.5) is 0 Å². The van der Waals surface area contributed by atoms with Crippen LogP contribution in [0.5, 0.6) is 0 Å². The van der Waals surface area contributed by atoms with Gasteiger partial charge in [-0.25, -0.2) is 0 Å². The van der Waals surface area contributed by atoms with E-state index >= 15 is 0 Å². The van der Waals surface area contributed by atoms with Crippen molar-refractivity contribution >= 4 is 11.8 Å². The lowest BCUT2D eigenvalue weighted by molar-refractivity contribution is -0.180. The SMILES string of the molecule is C=C(CCC=C(C)C)[C@H]1C[C@@]23C(C)=C[C@@H]1C(=O)[C@]2(C)CC[C@H]1[C@H](C)C(=O)O[C@@H]13. The lowest BCUT2D eigenvalue weighted by Crippen LogP contribution is -2.66. The largest absolute Gasteiger partial charge is 0.461 e. The number of Topliss-reactive ketones (excluding diaryl/α,β-unsaturated/α-hetero) is 1. The molecule has 3 heteroatoms. The summed E-state index contributed by atoms with van der Waals surface area (Å²) in [6.45, 7) is 14.9. The van der Waals surface area contributed by atoms with Gasteiger partial charge >= 0.3 is 5.97 Å². The number of hydrogen-bond donors (Lipinski definition) is 0. The minimum absolute atomic E-state index is 0.0582. The van der Waals surface area contributed by atoms with Gasteiger partial charge in [0.1, 0.15) is 11.9 Å². The van der Waals surface area contributed by atoms with Crippen LogP contribution >= 0.6 is 0 Å². The van der Waals surface area contributed by atoms with Crippen LogP contribution in [0.25, 0.3) is 0 Å². The van der Waals surface area contributed by atoms with Crippen LogP contribution < -0.4 is 0 Å². The molecule has 1 saturated heterocycles. The van der Waals surface area contributed by atoms with E-state index in [-0.39, 0.29) is 41.2 Å². The molecular formula is C25H34O3. The summed E-state index contributed by atoms with van der Waals surface area (Å²) in [5.41, 5.74) is 2.99. The maximum atomic E-state index is 13.7. The van der Waals surface area contributed by atoms with Crippen molar-refractivity contribution in [2.24, 2.45) is 34.5 Å². The lowest BCUT2D eigenvalue weighted by atomic mass is 9.38. The molecule has 5 aliphatic rings. The first-order valence-electron chi connectivity index (χ1n) is 10.9. The summed E-state index contributed by atoms with van der Waals surface area (Å²) in [6.07, 6.45) is 8.85. The first-order valence-corrected chi connectivity index (χ1v) is 10.9. The van der Waals surface area contributed by atoms with E-state index in [1.54, 1.807) is 0 Å². The second-order valence-corrected chi connectivity index (χ2v) is 10.2. The average molecular weight is 383 g/mol. The second kappa shape index (κ2) is 6.43. The van der Waals surface area contributed by atoms with Gasteiger partial charge in [-0.2, -0.15) is 0 Å². The molecule has 2 bridgehead atoms. The summed E-state index contributed by atoms with van der Waals surface area (Å²) < 4.78 is 6.02. The van der Waals surface area contributed by atoms with Gasteiger partial charge in [-0.3, -0.25) is 9.59 Å². The fourth-order valence-corrected chi connectivity index (χ4v) is 6.89. The molecule has 152 valence electrons. The highest BCUT2D eigenvalue weighted by molar-refractivity contribution is 5.93. The molecule has 4 aliphatic carbocycles. The molecule has 3 fully saturated rings. The van der Waals surface area contributed by atoms with Gasteiger partial charge in [0.05, 0.1) is 5.92 Å². The first kappa shape index (κ1) is 19.7. The Balaban J connectivity index is 1.72. The van der Waals surface area contributed by atoms with Crippen LogP contribution in [-0.2, 0) is 14.3 Å². The Hall–Kier alpha value is -1.64. The smallest absolute Gasteiger partial charge is 0.309 e. The van der Waals surface area contributed by atoms with Crippen LogP contribution in [-0.4, -0.2) is 17.9 Å². The number of rotatable bonds is 4. The first-order chi connectivity index (χ1) is 13.1. The van der Waals surface area contributed by atoms with Crippen LogP contribution in [0.2, 0.25) is 0 Å². The lowest BCUT2D eigenvalue weighted by Gasteiger charge is -2.64. The van der Waals surface area contributed by atoms with Crippen molar-refractivity contribution in [2.75, 3.05) is 0 Å². The van der Waals surface area contributed by atoms with Gasteiger partial charge in [-0.05, 0) is 58.8 Å². The summed E-state index contributed by atoms with van der Waals surface area (Å²) >= 11 is 0. The molecule has 3 nitrogen and oxygen atoms in total. The third-order valence-corrected chi connectivity index (χ3v) is 8.59. The van der Waals surface area contributed by atoms with Gasteiger partial charge in [-0.1, -0.05) is 49.3 Å². The van der Waals surface area contributed by atoms with E-state index in [4.69, 9.17) is 4.74 Å². The molecule has 0 aromatic carbocycles. The number of esters is 1. The second-order valence-electron chi connectivity index (χ2n) is 10.2. The van der Waals surface area contributed by atoms with E-state index in [9.17, 15) is 9.59 Å². The van der Waals surface area contributed by atoms with E-state index in [1.165, 1.54) is 16.7 Å². The van der Waals surface area contributed by atoms with Crippen molar-refractivity contribution in [3.05, 3.63) is 35.5 Å². The molecule has 0 aromatic heterocycles. The molecule has 7 atom stereocenters. The summed E-state index contributed by atoms with van der Waals surface area (Å²) in [5.74, 6) is 0.546. The summed E-state index contributed by atoms with van der Waals surface area (Å²) in [5, 5.41) is 0. The van der Waals surface area contributed by atoms with Crippen molar-refractivity contribution < 1.29 is 14.3 Å². The number of carbonyl (C=O) groups is 2. The predicted molar refractivity (Wildman–Crippen MR) is 110 cm³/mol. The van der Waals surface area contributed by atoms with Crippen LogP contribution in [0, 0.1) is 34.5 Å². The molecule has 28 heavy (non-hydrogen) atoms. The Morgan fingerprint density at radius 2 is 2.07 bits per heavy atom. The Morgan fingerprint density at radius 3 is 2.75 bits per heavy atom. The Labute approximate surface area is 169 Å². The van der Waals surface area contributed by atoms with Gasteiger partial charge in [0.15, 0.2) is 0 Å². The predicted octanol–water partition coefficient (Wildman–Crippen LogP) is 5.42. The van der Waals surface area contributed by atoms with E-state index in [2.05, 4.69) is 46.4 Å². The molecule has 0 N–H and O–H groups in total. The monoisotopic (exact) mass is 382 g/mol. The Kier molecular flexibility index (Phi) is 4.52. The highest BCUT2D eigenvalue weighted by Gasteiger charge is 2.72. The van der Waals surface area contributed by atoms with Gasteiger partial charge in [0, 0.05) is 22.7 Å². The van der Waals surface area contributed by atoms with Crippen molar-refractivity contribution in [3.8, 4) is 0 Å². The van der Waals surface area contributed by atoms with Gasteiger partial charge < -0.3 is 4.74 Å². The third-order valence-electron chi connectivity index (χ3n) is 8.59. The van der Waals surface area contributed by atoms with Crippen molar-refractivity contribution in [2.45, 2.75) is 72.8 Å². The highest BCUT2D eigenvalue weighted by atomic mass is 16.6. The zero-order valence-corrected chi connectivity index (χ0v) is 18.0. The molecule has 2 saturated carbocycles. The molecule has 5 rings (SSSR count). The molecule has 0 radical (unpaired) electrons. The topological polar surface area (TPSA) is 43.4 Å². The van der Waals surface area contributed by atoms with Crippen LogP contribution in [0.15, 0.2) is 35.5 Å². The maximum Gasteiger partial charge on any atom is 0.309 e. The Morgan fingerprint density at radius 1 is 1.36 bits per heavy atom. The molecule has 1 aliphatic heterocycles. The van der Waals surface area contributed by atoms with Gasteiger partial charge in [0.2, 0.25) is 0 Å². The maximum absolute atomic E-state index is 13.7. The van der Waals surface area contributed by atoms with Crippen molar-refractivity contribution in [1.82, 2.24) is 0 Å². The number of carbonyl (C=O) groups excluding carboxylic acids is 2.